The van der Waals surface area contributed by atoms with Gasteiger partial charge in [0.15, 0.2) is 0 Å². The van der Waals surface area contributed by atoms with Crippen LogP contribution in [0.25, 0.3) is 10.4 Å². The summed E-state index contributed by atoms with van der Waals surface area (Å²) in [5.41, 5.74) is 0.951. The predicted molar refractivity (Wildman–Crippen MR) is 151 cm³/mol. The van der Waals surface area contributed by atoms with E-state index in [1.807, 2.05) is 43.3 Å². The van der Waals surface area contributed by atoms with E-state index in [1.165, 1.54) is 18.3 Å². The SMILES string of the molecule is CCSCCCO[C@]1(C(=O)O)CC(O)[C@@H](NC(C)=O)C([C@H](O)[C@H](O)CNC(=O)c2ccc(-c3ccccc3)s2)O1. The summed E-state index contributed by atoms with van der Waals surface area (Å²) in [7, 11) is 0. The zero-order chi connectivity index (χ0) is 29.3. The summed E-state index contributed by atoms with van der Waals surface area (Å²) < 4.78 is 11.3. The van der Waals surface area contributed by atoms with Gasteiger partial charge in [-0.1, -0.05) is 37.3 Å². The number of hydrogen-bond donors (Lipinski definition) is 6. The van der Waals surface area contributed by atoms with Gasteiger partial charge in [0.25, 0.3) is 11.7 Å². The van der Waals surface area contributed by atoms with Crippen molar-refractivity contribution in [2.45, 2.75) is 62.9 Å². The molecule has 2 amide bonds. The first-order chi connectivity index (χ1) is 19.1. The van der Waals surface area contributed by atoms with E-state index < -0.39 is 67.0 Å². The van der Waals surface area contributed by atoms with Gasteiger partial charge in [-0.05, 0) is 35.6 Å². The lowest BCUT2D eigenvalue weighted by Gasteiger charge is -2.46. The molecule has 1 aromatic carbocycles. The molecule has 3 rings (SSSR count). The van der Waals surface area contributed by atoms with Crippen LogP contribution >= 0.6 is 23.1 Å². The minimum Gasteiger partial charge on any atom is -0.477 e. The Morgan fingerprint density at radius 2 is 1.93 bits per heavy atom. The Balaban J connectivity index is 1.69. The van der Waals surface area contributed by atoms with Crippen molar-refractivity contribution in [3.63, 3.8) is 0 Å². The predicted octanol–water partition coefficient (Wildman–Crippen LogP) is 1.46. The van der Waals surface area contributed by atoms with Crippen molar-refractivity contribution in [1.82, 2.24) is 10.6 Å². The summed E-state index contributed by atoms with van der Waals surface area (Å²) in [6.07, 6.45) is -6.44. The molecule has 2 heterocycles. The first kappa shape index (κ1) is 32.0. The second-order valence-corrected chi connectivity index (χ2v) is 11.8. The number of thioether (sulfide) groups is 1. The number of rotatable bonds is 14. The fraction of sp³-hybridized carbons (Fsp3) is 0.519. The highest BCUT2D eigenvalue weighted by molar-refractivity contribution is 7.99. The maximum absolute atomic E-state index is 12.7. The Kier molecular flexibility index (Phi) is 11.9. The molecule has 2 aromatic rings. The number of hydrogen-bond acceptors (Lipinski definition) is 10. The second-order valence-electron chi connectivity index (χ2n) is 9.34. The van der Waals surface area contributed by atoms with Gasteiger partial charge in [-0.25, -0.2) is 4.79 Å². The molecule has 0 radical (unpaired) electrons. The standard InChI is InChI=1S/C27H36N2O9S2/c1-3-39-13-7-12-37-27(26(35)36)14-18(31)22(29-16(2)30)24(38-27)23(33)19(32)15-28-25(34)21-11-10-20(40-21)17-8-5-4-6-9-17/h4-6,8-11,18-19,22-24,31-33H,3,7,12-15H2,1-2H3,(H,28,34)(H,29,30)(H,35,36)/t18?,19-,22-,23-,24?,27-/m1/s1. The lowest BCUT2D eigenvalue weighted by Crippen LogP contribution is -2.68. The Labute approximate surface area is 240 Å². The van der Waals surface area contributed by atoms with Crippen LogP contribution in [-0.2, 0) is 19.1 Å². The number of amides is 2. The fourth-order valence-electron chi connectivity index (χ4n) is 4.33. The van der Waals surface area contributed by atoms with Crippen LogP contribution in [0.4, 0.5) is 0 Å². The van der Waals surface area contributed by atoms with E-state index in [-0.39, 0.29) is 6.61 Å². The normalized spacial score (nSPS) is 24.2. The zero-order valence-corrected chi connectivity index (χ0v) is 24.0. The Morgan fingerprint density at radius 3 is 2.58 bits per heavy atom. The number of carboxylic acids is 1. The number of carbonyl (C=O) groups is 3. The molecule has 11 nitrogen and oxygen atoms in total. The maximum atomic E-state index is 12.7. The Bertz CT molecular complexity index is 1130. The van der Waals surface area contributed by atoms with Crippen molar-refractivity contribution in [2.24, 2.45) is 0 Å². The molecule has 1 aromatic heterocycles. The molecule has 0 saturated carbocycles. The summed E-state index contributed by atoms with van der Waals surface area (Å²) in [5.74, 6) is -3.23. The third-order valence-corrected chi connectivity index (χ3v) is 8.45. The fourth-order valence-corrected chi connectivity index (χ4v) is 5.87. The summed E-state index contributed by atoms with van der Waals surface area (Å²) >= 11 is 2.91. The number of carboxylic acid groups (broad SMARTS) is 1. The highest BCUT2D eigenvalue weighted by atomic mass is 32.2. The molecule has 2 unspecified atom stereocenters. The van der Waals surface area contributed by atoms with Crippen molar-refractivity contribution in [3.05, 3.63) is 47.3 Å². The number of aliphatic hydroxyl groups excluding tert-OH is 3. The summed E-state index contributed by atoms with van der Waals surface area (Å²) in [5, 5.41) is 47.5. The van der Waals surface area contributed by atoms with Crippen LogP contribution in [-0.4, -0.2) is 99.1 Å². The molecular formula is C27H36N2O9S2. The van der Waals surface area contributed by atoms with Crippen molar-refractivity contribution in [1.29, 1.82) is 0 Å². The van der Waals surface area contributed by atoms with Crippen LogP contribution < -0.4 is 10.6 Å². The van der Waals surface area contributed by atoms with Gasteiger partial charge in [-0.15, -0.1) is 11.3 Å². The third-order valence-electron chi connectivity index (χ3n) is 6.33. The molecule has 0 bridgehead atoms. The molecule has 1 saturated heterocycles. The zero-order valence-electron chi connectivity index (χ0n) is 22.3. The van der Waals surface area contributed by atoms with Crippen LogP contribution in [0.1, 0.15) is 36.4 Å². The van der Waals surface area contributed by atoms with Crippen molar-refractivity contribution >= 4 is 40.9 Å². The Hall–Kier alpha value is -2.52. The molecule has 1 aliphatic heterocycles. The van der Waals surface area contributed by atoms with Gasteiger partial charge in [0, 0.05) is 24.8 Å². The summed E-state index contributed by atoms with van der Waals surface area (Å²) in [6.45, 7) is 2.80. The van der Waals surface area contributed by atoms with E-state index in [1.54, 1.807) is 17.8 Å². The van der Waals surface area contributed by atoms with Crippen molar-refractivity contribution < 1.29 is 44.3 Å². The Morgan fingerprint density at radius 1 is 1.20 bits per heavy atom. The number of aliphatic carboxylic acids is 1. The number of thiophene rings is 1. The van der Waals surface area contributed by atoms with Gasteiger partial charge in [-0.3, -0.25) is 9.59 Å². The molecule has 220 valence electrons. The van der Waals surface area contributed by atoms with Crippen LogP contribution in [0.2, 0.25) is 0 Å². The number of aliphatic hydroxyl groups is 3. The monoisotopic (exact) mass is 596 g/mol. The van der Waals surface area contributed by atoms with E-state index in [0.29, 0.717) is 11.3 Å². The summed E-state index contributed by atoms with van der Waals surface area (Å²) in [4.78, 5) is 38.0. The van der Waals surface area contributed by atoms with Crippen LogP contribution in [0.15, 0.2) is 42.5 Å². The molecule has 13 heteroatoms. The van der Waals surface area contributed by atoms with Gasteiger partial charge in [0.05, 0.1) is 29.7 Å². The summed E-state index contributed by atoms with van der Waals surface area (Å²) in [6, 6.07) is 11.7. The molecular weight excluding hydrogens is 560 g/mol. The van der Waals surface area contributed by atoms with Crippen LogP contribution in [0.5, 0.6) is 0 Å². The third kappa shape index (κ3) is 8.26. The first-order valence-electron chi connectivity index (χ1n) is 13.0. The van der Waals surface area contributed by atoms with E-state index in [0.717, 1.165) is 21.9 Å². The van der Waals surface area contributed by atoms with Gasteiger partial charge < -0.3 is 40.5 Å². The molecule has 6 N–H and O–H groups in total. The molecule has 0 aliphatic carbocycles. The average molecular weight is 597 g/mol. The minimum absolute atomic E-state index is 0.0179. The van der Waals surface area contributed by atoms with E-state index in [4.69, 9.17) is 9.47 Å². The van der Waals surface area contributed by atoms with E-state index in [2.05, 4.69) is 10.6 Å². The second kappa shape index (κ2) is 14.9. The first-order valence-corrected chi connectivity index (χ1v) is 14.9. The maximum Gasteiger partial charge on any atom is 0.364 e. The van der Waals surface area contributed by atoms with Crippen LogP contribution in [0.3, 0.4) is 0 Å². The topological polar surface area (TPSA) is 175 Å². The van der Waals surface area contributed by atoms with Gasteiger partial charge in [-0.2, -0.15) is 11.8 Å². The minimum atomic E-state index is -2.30. The molecule has 0 spiro atoms. The number of benzene rings is 1. The number of nitrogens with one attached hydrogen (secondary N) is 2. The van der Waals surface area contributed by atoms with Crippen molar-refractivity contribution in [3.8, 4) is 10.4 Å². The number of carbonyl (C=O) groups excluding carboxylic acids is 2. The quantitative estimate of drug-likeness (QED) is 0.175. The highest BCUT2D eigenvalue weighted by Gasteiger charge is 2.55. The van der Waals surface area contributed by atoms with E-state index >= 15 is 0 Å². The lowest BCUT2D eigenvalue weighted by molar-refractivity contribution is -0.310. The molecule has 6 atom stereocenters. The molecule has 1 fully saturated rings. The molecule has 40 heavy (non-hydrogen) atoms. The smallest absolute Gasteiger partial charge is 0.364 e. The van der Waals surface area contributed by atoms with E-state index in [9.17, 15) is 34.8 Å². The van der Waals surface area contributed by atoms with Gasteiger partial charge in [0.2, 0.25) is 5.91 Å². The lowest BCUT2D eigenvalue weighted by atomic mass is 9.88. The highest BCUT2D eigenvalue weighted by Crippen LogP contribution is 2.34. The van der Waals surface area contributed by atoms with Crippen molar-refractivity contribution in [2.75, 3.05) is 24.7 Å². The number of ether oxygens (including phenoxy) is 2. The molecule has 1 aliphatic rings. The van der Waals surface area contributed by atoms with Gasteiger partial charge >= 0.3 is 5.97 Å². The largest absolute Gasteiger partial charge is 0.477 e. The van der Waals surface area contributed by atoms with Gasteiger partial charge in [0.1, 0.15) is 12.2 Å². The average Bonchev–Trinajstić information content (AvgIpc) is 3.43. The van der Waals surface area contributed by atoms with Crippen LogP contribution in [0, 0.1) is 0 Å².